The Balaban J connectivity index is 1.88. The van der Waals surface area contributed by atoms with Crippen LogP contribution in [0.2, 0.25) is 0 Å². The standard InChI is InChI=1S/C16H24N4O4/c1-11-9-14(17-10-13(11)20(22)23)18-12-5-7-19(8-6-12)15(21)24-16(2,3)4/h9-10,12H,5-8H2,1-4H3,(H,17,18). The molecule has 1 aliphatic rings. The summed E-state index contributed by atoms with van der Waals surface area (Å²) in [6.45, 7) is 8.46. The van der Waals surface area contributed by atoms with Crippen LogP contribution in [-0.4, -0.2) is 45.6 Å². The van der Waals surface area contributed by atoms with E-state index in [1.165, 1.54) is 6.20 Å². The molecule has 2 heterocycles. The fraction of sp³-hybridized carbons (Fsp3) is 0.625. The number of likely N-dealkylation sites (tertiary alicyclic amines) is 1. The van der Waals surface area contributed by atoms with Gasteiger partial charge in [0, 0.05) is 24.7 Å². The Morgan fingerprint density at radius 3 is 2.54 bits per heavy atom. The normalized spacial score (nSPS) is 15.9. The number of carbonyl (C=O) groups excluding carboxylic acids is 1. The van der Waals surface area contributed by atoms with E-state index in [9.17, 15) is 14.9 Å². The van der Waals surface area contributed by atoms with Gasteiger partial charge in [-0.25, -0.2) is 9.78 Å². The van der Waals surface area contributed by atoms with Crippen LogP contribution in [0.3, 0.4) is 0 Å². The third-order valence-corrected chi connectivity index (χ3v) is 3.78. The lowest BCUT2D eigenvalue weighted by atomic mass is 10.1. The quantitative estimate of drug-likeness (QED) is 0.673. The predicted octanol–water partition coefficient (Wildman–Crippen LogP) is 3.11. The second kappa shape index (κ2) is 7.02. The van der Waals surface area contributed by atoms with E-state index in [4.69, 9.17) is 4.74 Å². The highest BCUT2D eigenvalue weighted by Crippen LogP contribution is 2.22. The lowest BCUT2D eigenvalue weighted by Gasteiger charge is -2.33. The molecule has 1 N–H and O–H groups in total. The van der Waals surface area contributed by atoms with Gasteiger partial charge in [0.15, 0.2) is 0 Å². The average molecular weight is 336 g/mol. The Morgan fingerprint density at radius 1 is 1.42 bits per heavy atom. The Kier molecular flexibility index (Phi) is 5.26. The van der Waals surface area contributed by atoms with E-state index in [1.807, 2.05) is 20.8 Å². The summed E-state index contributed by atoms with van der Waals surface area (Å²) in [6, 6.07) is 1.86. The number of piperidine rings is 1. The van der Waals surface area contributed by atoms with Crippen molar-refractivity contribution in [2.75, 3.05) is 18.4 Å². The lowest BCUT2D eigenvalue weighted by Crippen LogP contribution is -2.44. The van der Waals surface area contributed by atoms with E-state index in [-0.39, 0.29) is 17.8 Å². The maximum Gasteiger partial charge on any atom is 0.410 e. The molecule has 0 aliphatic carbocycles. The van der Waals surface area contributed by atoms with Gasteiger partial charge in [-0.2, -0.15) is 0 Å². The van der Waals surface area contributed by atoms with Crippen LogP contribution in [0.15, 0.2) is 12.3 Å². The summed E-state index contributed by atoms with van der Waals surface area (Å²) >= 11 is 0. The van der Waals surface area contributed by atoms with Gasteiger partial charge >= 0.3 is 6.09 Å². The second-order valence-electron chi connectivity index (χ2n) is 7.00. The Labute approximate surface area is 141 Å². The Morgan fingerprint density at radius 2 is 2.04 bits per heavy atom. The van der Waals surface area contributed by atoms with Crippen molar-refractivity contribution in [3.63, 3.8) is 0 Å². The molecule has 0 unspecified atom stereocenters. The minimum atomic E-state index is -0.494. The van der Waals surface area contributed by atoms with Crippen LogP contribution < -0.4 is 5.32 Å². The molecule has 2 rings (SSSR count). The molecule has 0 aromatic carbocycles. The summed E-state index contributed by atoms with van der Waals surface area (Å²) in [5.74, 6) is 0.619. The zero-order valence-corrected chi connectivity index (χ0v) is 14.5. The van der Waals surface area contributed by atoms with Crippen molar-refractivity contribution >= 4 is 17.6 Å². The first-order valence-corrected chi connectivity index (χ1v) is 8.01. The number of nitrogens with zero attached hydrogens (tertiary/aromatic N) is 3. The van der Waals surface area contributed by atoms with Crippen LogP contribution in [0, 0.1) is 17.0 Å². The monoisotopic (exact) mass is 336 g/mol. The number of aromatic nitrogens is 1. The van der Waals surface area contributed by atoms with Crippen molar-refractivity contribution in [3.05, 3.63) is 27.9 Å². The van der Waals surface area contributed by atoms with Crippen LogP contribution in [0.25, 0.3) is 0 Å². The number of anilines is 1. The van der Waals surface area contributed by atoms with Crippen molar-refractivity contribution < 1.29 is 14.5 Å². The molecule has 8 heteroatoms. The number of nitro groups is 1. The fourth-order valence-corrected chi connectivity index (χ4v) is 2.56. The van der Waals surface area contributed by atoms with Crippen molar-refractivity contribution in [3.8, 4) is 0 Å². The highest BCUT2D eigenvalue weighted by atomic mass is 16.6. The molecule has 0 spiro atoms. The first-order valence-electron chi connectivity index (χ1n) is 8.01. The topological polar surface area (TPSA) is 97.6 Å². The van der Waals surface area contributed by atoms with E-state index >= 15 is 0 Å². The van der Waals surface area contributed by atoms with Gasteiger partial charge < -0.3 is 15.0 Å². The van der Waals surface area contributed by atoms with Crippen molar-refractivity contribution in [1.29, 1.82) is 0 Å². The van der Waals surface area contributed by atoms with Gasteiger partial charge in [0.25, 0.3) is 5.69 Å². The largest absolute Gasteiger partial charge is 0.444 e. The van der Waals surface area contributed by atoms with Crippen LogP contribution in [-0.2, 0) is 4.74 Å². The molecule has 1 aromatic heterocycles. The number of carbonyl (C=O) groups is 1. The molecule has 1 amide bonds. The number of amides is 1. The molecule has 1 aliphatic heterocycles. The Hall–Kier alpha value is -2.38. The predicted molar refractivity (Wildman–Crippen MR) is 90.1 cm³/mol. The van der Waals surface area contributed by atoms with Crippen molar-refractivity contribution in [1.82, 2.24) is 9.88 Å². The minimum Gasteiger partial charge on any atom is -0.444 e. The molecule has 0 saturated carbocycles. The van der Waals surface area contributed by atoms with Gasteiger partial charge in [0.2, 0.25) is 0 Å². The number of nitrogens with one attached hydrogen (secondary N) is 1. The number of ether oxygens (including phenoxy) is 1. The van der Waals surface area contributed by atoms with E-state index in [0.29, 0.717) is 24.5 Å². The van der Waals surface area contributed by atoms with E-state index in [0.717, 1.165) is 12.8 Å². The van der Waals surface area contributed by atoms with E-state index < -0.39 is 10.5 Å². The molecule has 1 saturated heterocycles. The minimum absolute atomic E-state index is 0.0142. The van der Waals surface area contributed by atoms with Crippen LogP contribution in [0.1, 0.15) is 39.2 Å². The lowest BCUT2D eigenvalue weighted by molar-refractivity contribution is -0.385. The molecular weight excluding hydrogens is 312 g/mol. The van der Waals surface area contributed by atoms with Gasteiger partial charge in [-0.05, 0) is 46.6 Å². The highest BCUT2D eigenvalue weighted by molar-refractivity contribution is 5.68. The Bertz CT molecular complexity index is 619. The van der Waals surface area contributed by atoms with Crippen LogP contribution in [0.4, 0.5) is 16.3 Å². The SMILES string of the molecule is Cc1cc(NC2CCN(C(=O)OC(C)(C)C)CC2)ncc1[N+](=O)[O-]. The van der Waals surface area contributed by atoms with Crippen molar-refractivity contribution in [2.24, 2.45) is 0 Å². The average Bonchev–Trinajstić information content (AvgIpc) is 2.45. The number of hydrogen-bond donors (Lipinski definition) is 1. The summed E-state index contributed by atoms with van der Waals surface area (Å²) in [6.07, 6.45) is 2.53. The summed E-state index contributed by atoms with van der Waals surface area (Å²) in [5.41, 5.74) is 0.0934. The molecule has 0 radical (unpaired) electrons. The molecular formula is C16H24N4O4. The zero-order valence-electron chi connectivity index (χ0n) is 14.5. The molecule has 1 fully saturated rings. The third kappa shape index (κ3) is 4.81. The van der Waals surface area contributed by atoms with Crippen LogP contribution in [0.5, 0.6) is 0 Å². The fourth-order valence-electron chi connectivity index (χ4n) is 2.56. The maximum atomic E-state index is 12.0. The van der Waals surface area contributed by atoms with E-state index in [1.54, 1.807) is 17.9 Å². The number of rotatable bonds is 3. The third-order valence-electron chi connectivity index (χ3n) is 3.78. The van der Waals surface area contributed by atoms with Gasteiger partial charge in [-0.15, -0.1) is 0 Å². The molecule has 0 atom stereocenters. The number of aryl methyl sites for hydroxylation is 1. The van der Waals surface area contributed by atoms with Gasteiger partial charge in [0.05, 0.1) is 4.92 Å². The summed E-state index contributed by atoms with van der Waals surface area (Å²) in [5, 5.41) is 14.1. The summed E-state index contributed by atoms with van der Waals surface area (Å²) in [4.78, 5) is 28.2. The first kappa shape index (κ1) is 18.0. The molecule has 8 nitrogen and oxygen atoms in total. The van der Waals surface area contributed by atoms with Crippen molar-refractivity contribution in [2.45, 2.75) is 52.2 Å². The van der Waals surface area contributed by atoms with E-state index in [2.05, 4.69) is 10.3 Å². The number of hydrogen-bond acceptors (Lipinski definition) is 6. The first-order chi connectivity index (χ1) is 11.2. The smallest absolute Gasteiger partial charge is 0.410 e. The molecule has 24 heavy (non-hydrogen) atoms. The number of pyridine rings is 1. The molecule has 1 aromatic rings. The highest BCUT2D eigenvalue weighted by Gasteiger charge is 2.27. The zero-order chi connectivity index (χ0) is 17.9. The van der Waals surface area contributed by atoms with Gasteiger partial charge in [0.1, 0.15) is 17.6 Å². The van der Waals surface area contributed by atoms with Gasteiger partial charge in [-0.1, -0.05) is 0 Å². The molecule has 132 valence electrons. The summed E-state index contributed by atoms with van der Waals surface area (Å²) in [7, 11) is 0. The molecule has 0 bridgehead atoms. The summed E-state index contributed by atoms with van der Waals surface area (Å²) < 4.78 is 5.37. The maximum absolute atomic E-state index is 12.0. The van der Waals surface area contributed by atoms with Crippen LogP contribution >= 0.6 is 0 Å². The second-order valence-corrected chi connectivity index (χ2v) is 7.00. The van der Waals surface area contributed by atoms with Gasteiger partial charge in [-0.3, -0.25) is 10.1 Å².